The molecule has 25 heavy (non-hydrogen) atoms. The SMILES string of the molecule is Cc1nc(C(C)(C)C)[nH]c(=O)c1C(=O)Nc1ccc2[nH]c(=O)[nH]c2c1. The van der Waals surface area contributed by atoms with Crippen molar-refractivity contribution in [2.24, 2.45) is 0 Å². The van der Waals surface area contributed by atoms with Gasteiger partial charge in [0.05, 0.1) is 16.7 Å². The van der Waals surface area contributed by atoms with Gasteiger partial charge in [-0.3, -0.25) is 9.59 Å². The van der Waals surface area contributed by atoms with E-state index in [1.165, 1.54) is 0 Å². The molecule has 2 aromatic heterocycles. The van der Waals surface area contributed by atoms with Crippen LogP contribution in [0.4, 0.5) is 5.69 Å². The van der Waals surface area contributed by atoms with Crippen molar-refractivity contribution in [2.75, 3.05) is 5.32 Å². The highest BCUT2D eigenvalue weighted by molar-refractivity contribution is 6.05. The van der Waals surface area contributed by atoms with Gasteiger partial charge in [0.1, 0.15) is 11.4 Å². The number of carbonyl (C=O) groups is 1. The van der Waals surface area contributed by atoms with Gasteiger partial charge in [0.2, 0.25) is 0 Å². The number of anilines is 1. The Labute approximate surface area is 142 Å². The molecule has 1 amide bonds. The number of nitrogens with one attached hydrogen (secondary N) is 4. The number of nitrogens with zero attached hydrogens (tertiary/aromatic N) is 1. The summed E-state index contributed by atoms with van der Waals surface area (Å²) in [5, 5.41) is 2.66. The third-order valence-corrected chi connectivity index (χ3v) is 3.81. The van der Waals surface area contributed by atoms with Crippen molar-refractivity contribution in [2.45, 2.75) is 33.1 Å². The van der Waals surface area contributed by atoms with Gasteiger partial charge in [0.15, 0.2) is 0 Å². The Bertz CT molecular complexity index is 1080. The summed E-state index contributed by atoms with van der Waals surface area (Å²) in [6.07, 6.45) is 0. The minimum absolute atomic E-state index is 0.0318. The minimum Gasteiger partial charge on any atom is -0.322 e. The molecule has 0 spiro atoms. The molecular weight excluding hydrogens is 322 g/mol. The minimum atomic E-state index is -0.552. The highest BCUT2D eigenvalue weighted by atomic mass is 16.2. The van der Waals surface area contributed by atoms with Crippen LogP contribution < -0.4 is 16.6 Å². The van der Waals surface area contributed by atoms with Crippen LogP contribution in [0.3, 0.4) is 0 Å². The summed E-state index contributed by atoms with van der Waals surface area (Å²) in [4.78, 5) is 48.4. The molecule has 0 radical (unpaired) electrons. The maximum atomic E-state index is 12.5. The number of fused-ring (bicyclic) bond motifs is 1. The fourth-order valence-electron chi connectivity index (χ4n) is 2.51. The zero-order valence-corrected chi connectivity index (χ0v) is 14.4. The van der Waals surface area contributed by atoms with Gasteiger partial charge in [-0.25, -0.2) is 9.78 Å². The van der Waals surface area contributed by atoms with Gasteiger partial charge in [-0.15, -0.1) is 0 Å². The van der Waals surface area contributed by atoms with Gasteiger partial charge in [-0.05, 0) is 25.1 Å². The number of hydrogen-bond donors (Lipinski definition) is 4. The van der Waals surface area contributed by atoms with Gasteiger partial charge in [-0.2, -0.15) is 0 Å². The van der Waals surface area contributed by atoms with Crippen LogP contribution in [0, 0.1) is 6.92 Å². The van der Waals surface area contributed by atoms with Crippen molar-refractivity contribution < 1.29 is 4.79 Å². The first-order chi connectivity index (χ1) is 11.6. The number of amides is 1. The summed E-state index contributed by atoms with van der Waals surface area (Å²) in [5.74, 6) is -0.0261. The number of aromatic nitrogens is 4. The highest BCUT2D eigenvalue weighted by Crippen LogP contribution is 2.18. The molecule has 0 unspecified atom stereocenters. The van der Waals surface area contributed by atoms with Crippen LogP contribution in [0.25, 0.3) is 11.0 Å². The Morgan fingerprint density at radius 2 is 1.76 bits per heavy atom. The van der Waals surface area contributed by atoms with Crippen molar-refractivity contribution in [3.8, 4) is 0 Å². The third kappa shape index (κ3) is 3.23. The molecule has 8 heteroatoms. The van der Waals surface area contributed by atoms with E-state index in [0.29, 0.717) is 28.2 Å². The molecule has 0 aliphatic carbocycles. The van der Waals surface area contributed by atoms with Crippen LogP contribution in [0.1, 0.15) is 42.6 Å². The Hall–Kier alpha value is -3.16. The van der Waals surface area contributed by atoms with Crippen molar-refractivity contribution in [1.82, 2.24) is 19.9 Å². The summed E-state index contributed by atoms with van der Waals surface area (Å²) < 4.78 is 0. The van der Waals surface area contributed by atoms with Crippen LogP contribution in [-0.2, 0) is 5.41 Å². The lowest BCUT2D eigenvalue weighted by Crippen LogP contribution is -2.30. The van der Waals surface area contributed by atoms with E-state index in [9.17, 15) is 14.4 Å². The van der Waals surface area contributed by atoms with E-state index in [4.69, 9.17) is 0 Å². The Kier molecular flexibility index (Phi) is 3.82. The predicted octanol–water partition coefficient (Wildman–Crippen LogP) is 1.80. The first-order valence-electron chi connectivity index (χ1n) is 7.80. The van der Waals surface area contributed by atoms with Crippen molar-refractivity contribution in [3.63, 3.8) is 0 Å². The molecule has 0 saturated heterocycles. The molecular formula is C17H19N5O3. The van der Waals surface area contributed by atoms with E-state index in [1.54, 1.807) is 25.1 Å². The average Bonchev–Trinajstić information content (AvgIpc) is 2.84. The summed E-state index contributed by atoms with van der Waals surface area (Å²) in [6.45, 7) is 7.41. The van der Waals surface area contributed by atoms with Crippen LogP contribution in [0.15, 0.2) is 27.8 Å². The lowest BCUT2D eigenvalue weighted by molar-refractivity contribution is 0.102. The van der Waals surface area contributed by atoms with Crippen molar-refractivity contribution in [3.05, 3.63) is 56.1 Å². The van der Waals surface area contributed by atoms with Gasteiger partial charge in [0, 0.05) is 11.1 Å². The van der Waals surface area contributed by atoms with Crippen LogP contribution >= 0.6 is 0 Å². The molecule has 1 aromatic carbocycles. The van der Waals surface area contributed by atoms with E-state index < -0.39 is 11.5 Å². The van der Waals surface area contributed by atoms with Gasteiger partial charge in [-0.1, -0.05) is 20.8 Å². The summed E-state index contributed by atoms with van der Waals surface area (Å²) in [6, 6.07) is 4.93. The second-order valence-electron chi connectivity index (χ2n) is 6.92. The molecule has 0 bridgehead atoms. The summed E-state index contributed by atoms with van der Waals surface area (Å²) >= 11 is 0. The Morgan fingerprint density at radius 3 is 2.40 bits per heavy atom. The number of aromatic amines is 3. The second-order valence-corrected chi connectivity index (χ2v) is 6.92. The van der Waals surface area contributed by atoms with Crippen LogP contribution in [0.2, 0.25) is 0 Å². The fourth-order valence-corrected chi connectivity index (χ4v) is 2.51. The number of carbonyl (C=O) groups excluding carboxylic acids is 1. The lowest BCUT2D eigenvalue weighted by Gasteiger charge is -2.18. The van der Waals surface area contributed by atoms with E-state index in [2.05, 4.69) is 25.3 Å². The molecule has 0 aliphatic heterocycles. The largest absolute Gasteiger partial charge is 0.323 e. The zero-order valence-electron chi connectivity index (χ0n) is 14.4. The third-order valence-electron chi connectivity index (χ3n) is 3.81. The smallest absolute Gasteiger partial charge is 0.322 e. The van der Waals surface area contributed by atoms with Gasteiger partial charge >= 0.3 is 5.69 Å². The monoisotopic (exact) mass is 341 g/mol. The standard InChI is InChI=1S/C17H19N5O3/c1-8-12(14(24)22-15(18-8)17(2,3)4)13(23)19-9-5-6-10-11(7-9)21-16(25)20-10/h5-7H,1-4H3,(H,19,23)(H,18,22,24)(H2,20,21,25). The van der Waals surface area contributed by atoms with Gasteiger partial charge in [0.25, 0.3) is 11.5 Å². The molecule has 4 N–H and O–H groups in total. The van der Waals surface area contributed by atoms with Crippen molar-refractivity contribution in [1.29, 1.82) is 0 Å². The van der Waals surface area contributed by atoms with Gasteiger partial charge < -0.3 is 20.3 Å². The predicted molar refractivity (Wildman–Crippen MR) is 95.2 cm³/mol. The molecule has 130 valence electrons. The molecule has 3 rings (SSSR count). The summed E-state index contributed by atoms with van der Waals surface area (Å²) in [5.41, 5.74) is 0.857. The number of benzene rings is 1. The fraction of sp³-hybridized carbons (Fsp3) is 0.294. The molecule has 0 saturated carbocycles. The highest BCUT2D eigenvalue weighted by Gasteiger charge is 2.22. The number of hydrogen-bond acceptors (Lipinski definition) is 4. The molecule has 2 heterocycles. The van der Waals surface area contributed by atoms with Crippen LogP contribution in [-0.4, -0.2) is 25.8 Å². The number of imidazole rings is 1. The molecule has 0 atom stereocenters. The first-order valence-corrected chi connectivity index (χ1v) is 7.80. The Balaban J connectivity index is 1.94. The quantitative estimate of drug-likeness (QED) is 0.567. The molecule has 0 aliphatic rings. The van der Waals surface area contributed by atoms with Crippen LogP contribution in [0.5, 0.6) is 0 Å². The van der Waals surface area contributed by atoms with E-state index in [1.807, 2.05) is 20.8 Å². The Morgan fingerprint density at radius 1 is 1.08 bits per heavy atom. The second kappa shape index (κ2) is 5.73. The van der Waals surface area contributed by atoms with E-state index in [0.717, 1.165) is 0 Å². The zero-order chi connectivity index (χ0) is 18.4. The number of H-pyrrole nitrogens is 3. The van der Waals surface area contributed by atoms with Crippen molar-refractivity contribution >= 4 is 22.6 Å². The normalized spacial score (nSPS) is 11.7. The number of aryl methyl sites for hydroxylation is 1. The topological polar surface area (TPSA) is 123 Å². The average molecular weight is 341 g/mol. The molecule has 8 nitrogen and oxygen atoms in total. The lowest BCUT2D eigenvalue weighted by atomic mass is 9.95. The van der Waals surface area contributed by atoms with E-state index in [-0.39, 0.29) is 16.7 Å². The first kappa shape index (κ1) is 16.7. The molecule has 3 aromatic rings. The molecule has 0 fully saturated rings. The maximum Gasteiger partial charge on any atom is 0.323 e. The maximum absolute atomic E-state index is 12.5. The van der Waals surface area contributed by atoms with E-state index >= 15 is 0 Å². The summed E-state index contributed by atoms with van der Waals surface area (Å²) in [7, 11) is 0. The number of rotatable bonds is 2.